The van der Waals surface area contributed by atoms with Crippen LogP contribution in [0.15, 0.2) is 29.2 Å². The molecule has 1 saturated carbocycles. The van der Waals surface area contributed by atoms with Crippen molar-refractivity contribution >= 4 is 17.7 Å². The minimum atomic E-state index is -0.506. The normalized spacial score (nSPS) is 24.8. The fraction of sp³-hybridized carbons (Fsp3) is 0.562. The molecule has 0 amide bonds. The van der Waals surface area contributed by atoms with Crippen molar-refractivity contribution in [3.8, 4) is 5.75 Å². The molecule has 2 atom stereocenters. The Balaban J connectivity index is 2.01. The average Bonchev–Trinajstić information content (AvgIpc) is 2.91. The summed E-state index contributed by atoms with van der Waals surface area (Å²) in [7, 11) is 3.13. The Labute approximate surface area is 130 Å². The number of carbonyl (C=O) groups excluding carboxylic acids is 1. The third kappa shape index (κ3) is 3.71. The van der Waals surface area contributed by atoms with Crippen LogP contribution in [0.3, 0.4) is 0 Å². The first-order chi connectivity index (χ1) is 10.1. The first-order valence-electron chi connectivity index (χ1n) is 7.27. The molecule has 1 aromatic rings. The van der Waals surface area contributed by atoms with Gasteiger partial charge in [-0.2, -0.15) is 0 Å². The Kier molecular flexibility index (Phi) is 5.53. The molecule has 0 radical (unpaired) electrons. The summed E-state index contributed by atoms with van der Waals surface area (Å²) in [6.07, 6.45) is 2.66. The Morgan fingerprint density at radius 3 is 2.67 bits per heavy atom. The summed E-state index contributed by atoms with van der Waals surface area (Å²) in [5, 5.41) is 3.76. The Bertz CT molecular complexity index is 477. The topological polar surface area (TPSA) is 47.6 Å². The fourth-order valence-corrected chi connectivity index (χ4v) is 4.18. The van der Waals surface area contributed by atoms with Crippen molar-refractivity contribution < 1.29 is 14.3 Å². The Morgan fingerprint density at radius 1 is 1.38 bits per heavy atom. The third-order valence-corrected chi connectivity index (χ3v) is 5.20. The van der Waals surface area contributed by atoms with Crippen LogP contribution >= 0.6 is 11.8 Å². The van der Waals surface area contributed by atoms with Crippen LogP contribution in [0, 0.1) is 0 Å². The Hall–Kier alpha value is -1.20. The van der Waals surface area contributed by atoms with Gasteiger partial charge in [-0.15, -0.1) is 11.8 Å². The second-order valence-corrected chi connectivity index (χ2v) is 6.64. The maximum Gasteiger partial charge on any atom is 0.326 e. The predicted molar refractivity (Wildman–Crippen MR) is 84.9 cm³/mol. The van der Waals surface area contributed by atoms with E-state index >= 15 is 0 Å². The van der Waals surface area contributed by atoms with Gasteiger partial charge in [0.05, 0.1) is 14.2 Å². The van der Waals surface area contributed by atoms with E-state index in [1.54, 1.807) is 7.11 Å². The van der Waals surface area contributed by atoms with E-state index in [1.165, 1.54) is 12.0 Å². The van der Waals surface area contributed by atoms with Gasteiger partial charge in [0.1, 0.15) is 11.3 Å². The summed E-state index contributed by atoms with van der Waals surface area (Å²) in [5.74, 6) is 0.726. The van der Waals surface area contributed by atoms with Gasteiger partial charge in [0.25, 0.3) is 0 Å². The van der Waals surface area contributed by atoms with Gasteiger partial charge < -0.3 is 14.8 Å². The van der Waals surface area contributed by atoms with E-state index in [0.717, 1.165) is 31.6 Å². The van der Waals surface area contributed by atoms with E-state index in [1.807, 2.05) is 30.8 Å². The second kappa shape index (κ2) is 7.18. The SMILES string of the molecule is CCNC1(C(=O)OC)CCC(Sc2ccc(OC)cc2)C1. The van der Waals surface area contributed by atoms with Crippen molar-refractivity contribution in [1.82, 2.24) is 5.32 Å². The predicted octanol–water partition coefficient (Wildman–Crippen LogP) is 2.86. The van der Waals surface area contributed by atoms with E-state index in [-0.39, 0.29) is 5.97 Å². The molecule has 1 N–H and O–H groups in total. The van der Waals surface area contributed by atoms with Crippen LogP contribution in [0.25, 0.3) is 0 Å². The molecule has 2 rings (SSSR count). The number of esters is 1. The molecule has 2 unspecified atom stereocenters. The highest BCUT2D eigenvalue weighted by atomic mass is 32.2. The molecule has 0 aliphatic heterocycles. The van der Waals surface area contributed by atoms with E-state index in [9.17, 15) is 4.79 Å². The number of thioether (sulfide) groups is 1. The lowest BCUT2D eigenvalue weighted by Gasteiger charge is -2.27. The van der Waals surface area contributed by atoms with Gasteiger partial charge in [-0.3, -0.25) is 4.79 Å². The van der Waals surface area contributed by atoms with Gasteiger partial charge in [0, 0.05) is 10.1 Å². The molecule has 0 saturated heterocycles. The summed E-state index contributed by atoms with van der Waals surface area (Å²) in [6, 6.07) is 8.06. The minimum Gasteiger partial charge on any atom is -0.497 e. The molecule has 0 bridgehead atoms. The number of methoxy groups -OCH3 is 2. The van der Waals surface area contributed by atoms with Gasteiger partial charge in [-0.1, -0.05) is 6.92 Å². The lowest BCUT2D eigenvalue weighted by Crippen LogP contribution is -2.50. The third-order valence-electron chi connectivity index (χ3n) is 3.92. The number of nitrogens with one attached hydrogen (secondary N) is 1. The first kappa shape index (κ1) is 16.2. The van der Waals surface area contributed by atoms with E-state index in [4.69, 9.17) is 9.47 Å². The molecule has 1 aliphatic carbocycles. The lowest BCUT2D eigenvalue weighted by atomic mass is 9.98. The summed E-state index contributed by atoms with van der Waals surface area (Å²) in [4.78, 5) is 13.3. The summed E-state index contributed by atoms with van der Waals surface area (Å²) < 4.78 is 10.2. The van der Waals surface area contributed by atoms with Crippen LogP contribution in [0.5, 0.6) is 5.75 Å². The Morgan fingerprint density at radius 2 is 2.10 bits per heavy atom. The van der Waals surface area contributed by atoms with Crippen LogP contribution in [0.2, 0.25) is 0 Å². The molecule has 0 aromatic heterocycles. The molecule has 116 valence electrons. The van der Waals surface area contributed by atoms with E-state index in [0.29, 0.717) is 5.25 Å². The van der Waals surface area contributed by atoms with Crippen LogP contribution in [0.1, 0.15) is 26.2 Å². The average molecular weight is 309 g/mol. The summed E-state index contributed by atoms with van der Waals surface area (Å²) in [6.45, 7) is 2.80. The number of carbonyl (C=O) groups is 1. The summed E-state index contributed by atoms with van der Waals surface area (Å²) >= 11 is 1.82. The van der Waals surface area contributed by atoms with Gasteiger partial charge >= 0.3 is 5.97 Å². The van der Waals surface area contributed by atoms with Crippen LogP contribution in [-0.2, 0) is 9.53 Å². The van der Waals surface area contributed by atoms with Crippen molar-refractivity contribution in [1.29, 1.82) is 0 Å². The zero-order valence-corrected chi connectivity index (χ0v) is 13.7. The number of hydrogen-bond acceptors (Lipinski definition) is 5. The quantitative estimate of drug-likeness (QED) is 0.819. The molecule has 5 heteroatoms. The molecule has 21 heavy (non-hydrogen) atoms. The zero-order valence-electron chi connectivity index (χ0n) is 12.8. The molecular weight excluding hydrogens is 286 g/mol. The smallest absolute Gasteiger partial charge is 0.326 e. The fourth-order valence-electron chi connectivity index (χ4n) is 2.90. The van der Waals surface area contributed by atoms with E-state index in [2.05, 4.69) is 17.4 Å². The minimum absolute atomic E-state index is 0.137. The highest BCUT2D eigenvalue weighted by Gasteiger charge is 2.45. The van der Waals surface area contributed by atoms with E-state index < -0.39 is 5.54 Å². The number of rotatable bonds is 6. The van der Waals surface area contributed by atoms with Gasteiger partial charge in [-0.25, -0.2) is 0 Å². The first-order valence-corrected chi connectivity index (χ1v) is 8.15. The molecule has 0 heterocycles. The lowest BCUT2D eigenvalue weighted by molar-refractivity contribution is -0.148. The van der Waals surface area contributed by atoms with Crippen molar-refractivity contribution in [2.45, 2.75) is 41.9 Å². The van der Waals surface area contributed by atoms with Gasteiger partial charge in [-0.05, 0) is 50.1 Å². The van der Waals surface area contributed by atoms with Crippen LogP contribution in [-0.4, -0.2) is 37.5 Å². The zero-order chi connectivity index (χ0) is 15.3. The molecule has 1 fully saturated rings. The maximum absolute atomic E-state index is 12.1. The van der Waals surface area contributed by atoms with Crippen molar-refractivity contribution in [2.75, 3.05) is 20.8 Å². The van der Waals surface area contributed by atoms with Crippen LogP contribution < -0.4 is 10.1 Å². The van der Waals surface area contributed by atoms with Crippen molar-refractivity contribution in [2.24, 2.45) is 0 Å². The highest BCUT2D eigenvalue weighted by Crippen LogP contribution is 2.41. The molecule has 1 aliphatic rings. The largest absolute Gasteiger partial charge is 0.497 e. The molecule has 4 nitrogen and oxygen atoms in total. The maximum atomic E-state index is 12.1. The number of benzene rings is 1. The monoisotopic (exact) mass is 309 g/mol. The molecule has 1 aromatic carbocycles. The number of ether oxygens (including phenoxy) is 2. The molecule has 0 spiro atoms. The highest BCUT2D eigenvalue weighted by molar-refractivity contribution is 8.00. The molecular formula is C16H23NO3S. The standard InChI is InChI=1S/C16H23NO3S/c1-4-17-16(15(18)20-3)10-9-14(11-16)21-13-7-5-12(19-2)6-8-13/h5-8,14,17H,4,9-11H2,1-3H3. The number of hydrogen-bond donors (Lipinski definition) is 1. The summed E-state index contributed by atoms with van der Waals surface area (Å²) in [5.41, 5.74) is -0.506. The second-order valence-electron chi connectivity index (χ2n) is 5.26. The van der Waals surface area contributed by atoms with Crippen molar-refractivity contribution in [3.05, 3.63) is 24.3 Å². The van der Waals surface area contributed by atoms with Crippen molar-refractivity contribution in [3.63, 3.8) is 0 Å². The van der Waals surface area contributed by atoms with Gasteiger partial charge in [0.2, 0.25) is 0 Å². The number of likely N-dealkylation sites (N-methyl/N-ethyl adjacent to an activating group) is 1. The van der Waals surface area contributed by atoms with Crippen LogP contribution in [0.4, 0.5) is 0 Å². The van der Waals surface area contributed by atoms with Gasteiger partial charge in [0.15, 0.2) is 0 Å².